The van der Waals surface area contributed by atoms with E-state index in [1.54, 1.807) is 0 Å². The molecule has 84 valence electrons. The summed E-state index contributed by atoms with van der Waals surface area (Å²) in [5.41, 5.74) is 3.24. The van der Waals surface area contributed by atoms with Gasteiger partial charge in [-0.1, -0.05) is 18.2 Å². The molecule has 0 saturated heterocycles. The molecule has 0 saturated carbocycles. The van der Waals surface area contributed by atoms with Gasteiger partial charge in [0.05, 0.1) is 0 Å². The van der Waals surface area contributed by atoms with Gasteiger partial charge in [0.2, 0.25) is 11.5 Å². The highest BCUT2D eigenvalue weighted by molar-refractivity contribution is 5.86. The largest absolute Gasteiger partial charge is 0.449 e. The molecule has 0 atom stereocenters. The summed E-state index contributed by atoms with van der Waals surface area (Å²) in [6, 6.07) is 14.3. The molecule has 3 rings (SSSR count). The minimum absolute atomic E-state index is 0.948. The van der Waals surface area contributed by atoms with Gasteiger partial charge in [-0.05, 0) is 19.1 Å². The maximum absolute atomic E-state index is 5.94. The molecular formula is C15H14NO+. The Labute approximate surface area is 100 Å². The lowest BCUT2D eigenvalue weighted by Gasteiger charge is -1.96. The first-order chi connectivity index (χ1) is 8.27. The molecule has 0 aliphatic rings. The van der Waals surface area contributed by atoms with Crippen LogP contribution in [0.25, 0.3) is 22.4 Å². The molecule has 0 spiro atoms. The van der Waals surface area contributed by atoms with Gasteiger partial charge in [-0.25, -0.2) is 0 Å². The third kappa shape index (κ3) is 1.53. The molecule has 0 aliphatic heterocycles. The zero-order chi connectivity index (χ0) is 11.8. The fourth-order valence-electron chi connectivity index (χ4n) is 2.18. The lowest BCUT2D eigenvalue weighted by atomic mass is 10.1. The molecule has 2 heteroatoms. The molecular weight excluding hydrogens is 210 g/mol. The van der Waals surface area contributed by atoms with Crippen molar-refractivity contribution in [1.82, 2.24) is 0 Å². The van der Waals surface area contributed by atoms with Crippen molar-refractivity contribution in [2.45, 2.75) is 6.92 Å². The predicted octanol–water partition coefficient (Wildman–Crippen LogP) is 3.23. The van der Waals surface area contributed by atoms with Crippen LogP contribution in [0, 0.1) is 6.92 Å². The molecule has 2 aromatic heterocycles. The highest BCUT2D eigenvalue weighted by atomic mass is 16.3. The van der Waals surface area contributed by atoms with E-state index in [-0.39, 0.29) is 0 Å². The van der Waals surface area contributed by atoms with Gasteiger partial charge in [0.15, 0.2) is 6.20 Å². The van der Waals surface area contributed by atoms with Crippen LogP contribution in [0.15, 0.2) is 53.1 Å². The number of hydrogen-bond acceptors (Lipinski definition) is 1. The topological polar surface area (TPSA) is 17.0 Å². The van der Waals surface area contributed by atoms with Crippen molar-refractivity contribution in [1.29, 1.82) is 0 Å². The van der Waals surface area contributed by atoms with Gasteiger partial charge in [0.25, 0.3) is 0 Å². The van der Waals surface area contributed by atoms with Crippen molar-refractivity contribution in [2.24, 2.45) is 7.05 Å². The summed E-state index contributed by atoms with van der Waals surface area (Å²) < 4.78 is 8.02. The van der Waals surface area contributed by atoms with Crippen LogP contribution in [0.2, 0.25) is 0 Å². The number of para-hydroxylation sites is 1. The zero-order valence-electron chi connectivity index (χ0n) is 9.97. The molecule has 0 N–H and O–H groups in total. The summed E-state index contributed by atoms with van der Waals surface area (Å²) in [6.45, 7) is 2.11. The second kappa shape index (κ2) is 3.74. The van der Waals surface area contributed by atoms with E-state index in [1.807, 2.05) is 43.6 Å². The first kappa shape index (κ1) is 10.1. The van der Waals surface area contributed by atoms with Gasteiger partial charge in [-0.3, -0.25) is 0 Å². The maximum Gasteiger partial charge on any atom is 0.248 e. The summed E-state index contributed by atoms with van der Waals surface area (Å²) in [7, 11) is 2.03. The molecule has 0 fully saturated rings. The first-order valence-corrected chi connectivity index (χ1v) is 5.70. The average Bonchev–Trinajstić information content (AvgIpc) is 2.68. The van der Waals surface area contributed by atoms with Crippen LogP contribution in [0.1, 0.15) is 5.56 Å². The second-order valence-corrected chi connectivity index (χ2v) is 4.25. The summed E-state index contributed by atoms with van der Waals surface area (Å²) >= 11 is 0. The van der Waals surface area contributed by atoms with Gasteiger partial charge in [-0.15, -0.1) is 0 Å². The molecule has 17 heavy (non-hydrogen) atoms. The third-order valence-corrected chi connectivity index (χ3v) is 3.13. The number of pyridine rings is 1. The molecule has 0 radical (unpaired) electrons. The Morgan fingerprint density at radius 3 is 2.53 bits per heavy atom. The molecule has 2 nitrogen and oxygen atoms in total. The van der Waals surface area contributed by atoms with E-state index in [0.29, 0.717) is 0 Å². The molecule has 0 unspecified atom stereocenters. The van der Waals surface area contributed by atoms with E-state index in [4.69, 9.17) is 4.42 Å². The standard InChI is InChI=1S/C15H14NO/c1-11-12-7-3-4-9-14(12)17-15(11)13-8-5-6-10-16(13)2/h3-10H,1-2H3/q+1. The van der Waals surface area contributed by atoms with E-state index >= 15 is 0 Å². The quantitative estimate of drug-likeness (QED) is 0.580. The van der Waals surface area contributed by atoms with E-state index in [9.17, 15) is 0 Å². The van der Waals surface area contributed by atoms with Crippen molar-refractivity contribution in [2.75, 3.05) is 0 Å². The number of aromatic nitrogens is 1. The monoisotopic (exact) mass is 224 g/mol. The Morgan fingerprint density at radius 1 is 1.00 bits per heavy atom. The Morgan fingerprint density at radius 2 is 1.76 bits per heavy atom. The van der Waals surface area contributed by atoms with Crippen LogP contribution in [-0.4, -0.2) is 0 Å². The van der Waals surface area contributed by atoms with Gasteiger partial charge in [0, 0.05) is 23.1 Å². The second-order valence-electron chi connectivity index (χ2n) is 4.25. The number of hydrogen-bond donors (Lipinski definition) is 0. The molecule has 1 aromatic carbocycles. The highest BCUT2D eigenvalue weighted by Gasteiger charge is 2.18. The number of benzene rings is 1. The van der Waals surface area contributed by atoms with Crippen LogP contribution in [0.5, 0.6) is 0 Å². The van der Waals surface area contributed by atoms with Gasteiger partial charge < -0.3 is 4.42 Å². The zero-order valence-corrected chi connectivity index (χ0v) is 9.97. The number of aryl methyl sites for hydroxylation is 2. The maximum atomic E-state index is 5.94. The van der Waals surface area contributed by atoms with Crippen LogP contribution in [0.4, 0.5) is 0 Å². The number of furan rings is 1. The van der Waals surface area contributed by atoms with Gasteiger partial charge in [0.1, 0.15) is 12.6 Å². The Kier molecular flexibility index (Phi) is 2.22. The summed E-state index contributed by atoms with van der Waals surface area (Å²) in [5, 5.41) is 1.19. The average molecular weight is 224 g/mol. The normalized spacial score (nSPS) is 10.9. The summed E-state index contributed by atoms with van der Waals surface area (Å²) in [6.07, 6.45) is 2.03. The molecule has 0 amide bonds. The Hall–Kier alpha value is -2.09. The SMILES string of the molecule is Cc1c(-c2cccc[n+]2C)oc2ccccc12. The molecule has 3 aromatic rings. The lowest BCUT2D eigenvalue weighted by Crippen LogP contribution is -2.29. The minimum atomic E-state index is 0.948. The molecule has 0 bridgehead atoms. The van der Waals surface area contributed by atoms with Crippen LogP contribution < -0.4 is 4.57 Å². The van der Waals surface area contributed by atoms with Gasteiger partial charge >= 0.3 is 0 Å². The highest BCUT2D eigenvalue weighted by Crippen LogP contribution is 2.30. The van der Waals surface area contributed by atoms with Gasteiger partial charge in [-0.2, -0.15) is 4.57 Å². The van der Waals surface area contributed by atoms with Crippen molar-refractivity contribution < 1.29 is 8.98 Å². The van der Waals surface area contributed by atoms with E-state index < -0.39 is 0 Å². The van der Waals surface area contributed by atoms with Crippen LogP contribution >= 0.6 is 0 Å². The third-order valence-electron chi connectivity index (χ3n) is 3.13. The van der Waals surface area contributed by atoms with Crippen LogP contribution in [0.3, 0.4) is 0 Å². The molecule has 2 heterocycles. The predicted molar refractivity (Wildman–Crippen MR) is 67.6 cm³/mol. The number of rotatable bonds is 1. The van der Waals surface area contributed by atoms with E-state index in [1.165, 1.54) is 10.9 Å². The smallest absolute Gasteiger partial charge is 0.248 e. The molecule has 0 aliphatic carbocycles. The number of fused-ring (bicyclic) bond motifs is 1. The van der Waals surface area contributed by atoms with Crippen molar-refractivity contribution in [3.8, 4) is 11.5 Å². The fraction of sp³-hybridized carbons (Fsp3) is 0.133. The lowest BCUT2D eigenvalue weighted by molar-refractivity contribution is -0.660. The first-order valence-electron chi connectivity index (χ1n) is 5.70. The van der Waals surface area contributed by atoms with Crippen molar-refractivity contribution in [3.63, 3.8) is 0 Å². The Bertz CT molecular complexity index is 682. The van der Waals surface area contributed by atoms with Crippen LogP contribution in [-0.2, 0) is 7.05 Å². The Balaban J connectivity index is 2.32. The van der Waals surface area contributed by atoms with Crippen molar-refractivity contribution in [3.05, 3.63) is 54.2 Å². The van der Waals surface area contributed by atoms with E-state index in [2.05, 4.69) is 23.6 Å². The number of nitrogens with zero attached hydrogens (tertiary/aromatic N) is 1. The van der Waals surface area contributed by atoms with E-state index in [0.717, 1.165) is 17.0 Å². The summed E-state index contributed by atoms with van der Waals surface area (Å²) in [5.74, 6) is 0.953. The summed E-state index contributed by atoms with van der Waals surface area (Å²) in [4.78, 5) is 0. The fourth-order valence-corrected chi connectivity index (χ4v) is 2.18. The van der Waals surface area contributed by atoms with Crippen molar-refractivity contribution >= 4 is 11.0 Å². The minimum Gasteiger partial charge on any atom is -0.449 e.